The average molecular weight is 244 g/mol. The van der Waals surface area contributed by atoms with Crippen molar-refractivity contribution in [2.45, 2.75) is 6.17 Å². The molecular weight excluding hydrogens is 236 g/mol. The molecule has 0 amide bonds. The minimum Gasteiger partial charge on any atom is -0.480 e. The van der Waals surface area contributed by atoms with E-state index in [4.69, 9.17) is 15.3 Å². The Kier molecular flexibility index (Phi) is 3.70. The van der Waals surface area contributed by atoms with Crippen molar-refractivity contribution in [1.29, 1.82) is 0 Å². The highest BCUT2D eigenvalue weighted by atomic mass is 16.4. The van der Waals surface area contributed by atoms with Crippen molar-refractivity contribution >= 4 is 23.9 Å². The van der Waals surface area contributed by atoms with Crippen LogP contribution in [0.4, 0.5) is 0 Å². The second-order valence-corrected chi connectivity index (χ2v) is 3.00. The van der Waals surface area contributed by atoms with Gasteiger partial charge in [0.15, 0.2) is 0 Å². The molecule has 0 aromatic carbocycles. The largest absolute Gasteiger partial charge is 0.480 e. The van der Waals surface area contributed by atoms with Gasteiger partial charge in [-0.3, -0.25) is 9.59 Å². The van der Waals surface area contributed by atoms with Crippen LogP contribution in [0.3, 0.4) is 0 Å². The smallest absolute Gasteiger partial charge is 0.353 e. The highest BCUT2D eigenvalue weighted by Crippen LogP contribution is 2.09. The molecule has 10 nitrogen and oxygen atoms in total. The first-order valence-corrected chi connectivity index (χ1v) is 4.30. The van der Waals surface area contributed by atoms with Crippen LogP contribution in [0.1, 0.15) is 0 Å². The van der Waals surface area contributed by atoms with Gasteiger partial charge in [-0.05, 0) is 0 Å². The van der Waals surface area contributed by atoms with Crippen LogP contribution < -0.4 is 0 Å². The molecule has 0 saturated heterocycles. The van der Waals surface area contributed by atoms with Gasteiger partial charge in [0.05, 0.1) is 0 Å². The number of carbonyl (C=O) groups is 3. The maximum atomic E-state index is 10.5. The zero-order valence-electron chi connectivity index (χ0n) is 8.35. The van der Waals surface area contributed by atoms with Crippen LogP contribution in [0, 0.1) is 0 Å². The number of hydrogen-bond acceptors (Lipinski definition) is 7. The Morgan fingerprint density at radius 2 is 1.65 bits per heavy atom. The molecule has 0 radical (unpaired) electrons. The van der Waals surface area contributed by atoms with Gasteiger partial charge >= 0.3 is 17.9 Å². The fraction of sp³-hybridized carbons (Fsp3) is 0.429. The second kappa shape index (κ2) is 5.01. The summed E-state index contributed by atoms with van der Waals surface area (Å²) in [7, 11) is 0. The third-order valence-electron chi connectivity index (χ3n) is 1.65. The van der Waals surface area contributed by atoms with Crippen LogP contribution in [0.2, 0.25) is 0 Å². The summed E-state index contributed by atoms with van der Waals surface area (Å²) in [5, 5.41) is 32.3. The first-order chi connectivity index (χ1) is 7.90. The minimum atomic E-state index is -1.45. The number of hydrogen-bond donors (Lipinski definition) is 3. The van der Waals surface area contributed by atoms with E-state index < -0.39 is 37.2 Å². The quantitative estimate of drug-likeness (QED) is 0.542. The molecule has 3 N–H and O–H groups in total. The van der Waals surface area contributed by atoms with E-state index in [1.165, 1.54) is 0 Å². The van der Waals surface area contributed by atoms with Crippen LogP contribution in [0.15, 0.2) is 15.2 Å². The normalized spacial score (nSPS) is 17.6. The molecular formula is C7H8N4O6. The van der Waals surface area contributed by atoms with Crippen LogP contribution in [0.25, 0.3) is 0 Å². The van der Waals surface area contributed by atoms with Crippen LogP contribution in [0.5, 0.6) is 0 Å². The number of rotatable bonds is 5. The van der Waals surface area contributed by atoms with Gasteiger partial charge in [0, 0.05) is 0 Å². The fourth-order valence-electron chi connectivity index (χ4n) is 1.04. The number of carboxylic acids is 3. The topological polar surface area (TPSA) is 152 Å². The van der Waals surface area contributed by atoms with Crippen LogP contribution >= 0.6 is 0 Å². The van der Waals surface area contributed by atoms with Gasteiger partial charge in [0.1, 0.15) is 13.1 Å². The maximum Gasteiger partial charge on any atom is 0.353 e. The lowest BCUT2D eigenvalue weighted by molar-refractivity contribution is -0.140. The van der Waals surface area contributed by atoms with Crippen molar-refractivity contribution in [2.24, 2.45) is 15.2 Å². The Morgan fingerprint density at radius 1 is 1.12 bits per heavy atom. The molecule has 1 aliphatic rings. The summed E-state index contributed by atoms with van der Waals surface area (Å²) < 4.78 is 0. The van der Waals surface area contributed by atoms with Crippen LogP contribution in [-0.2, 0) is 14.4 Å². The van der Waals surface area contributed by atoms with E-state index in [1.54, 1.807) is 0 Å². The Balaban J connectivity index is 2.81. The predicted molar refractivity (Wildman–Crippen MR) is 50.6 cm³/mol. The van der Waals surface area contributed by atoms with E-state index in [0.717, 1.165) is 4.90 Å². The lowest BCUT2D eigenvalue weighted by atomic mass is 10.5. The molecule has 0 spiro atoms. The van der Waals surface area contributed by atoms with Crippen molar-refractivity contribution in [2.75, 3.05) is 13.1 Å². The molecule has 92 valence electrons. The zero-order chi connectivity index (χ0) is 13.0. The lowest BCUT2D eigenvalue weighted by Crippen LogP contribution is -2.38. The van der Waals surface area contributed by atoms with Gasteiger partial charge in [-0.1, -0.05) is 0 Å². The number of aliphatic imine (C=N–C) groups is 1. The number of carboxylic acid groups (broad SMARTS) is 3. The van der Waals surface area contributed by atoms with Gasteiger partial charge in [0.25, 0.3) is 6.17 Å². The van der Waals surface area contributed by atoms with Gasteiger partial charge in [-0.15, -0.1) is 10.2 Å². The first-order valence-electron chi connectivity index (χ1n) is 4.30. The first kappa shape index (κ1) is 12.5. The summed E-state index contributed by atoms with van der Waals surface area (Å²) in [6.07, 6.45) is -1.45. The van der Waals surface area contributed by atoms with Gasteiger partial charge < -0.3 is 20.2 Å². The summed E-state index contributed by atoms with van der Waals surface area (Å²) in [6.45, 7) is -1.31. The van der Waals surface area contributed by atoms with E-state index in [-0.39, 0.29) is 5.96 Å². The molecule has 0 saturated carbocycles. The van der Waals surface area contributed by atoms with E-state index >= 15 is 0 Å². The summed E-state index contributed by atoms with van der Waals surface area (Å²) in [5.41, 5.74) is 0. The Labute approximate surface area is 93.9 Å². The Hall–Kier alpha value is -2.52. The van der Waals surface area contributed by atoms with Crippen molar-refractivity contribution in [3.05, 3.63) is 0 Å². The molecule has 0 aromatic rings. The Bertz CT molecular complexity index is 401. The third-order valence-corrected chi connectivity index (χ3v) is 1.65. The highest BCUT2D eigenvalue weighted by molar-refractivity contribution is 5.90. The van der Waals surface area contributed by atoms with E-state index in [9.17, 15) is 14.4 Å². The predicted octanol–water partition coefficient (Wildman–Crippen LogP) is -1.31. The molecule has 17 heavy (non-hydrogen) atoms. The SMILES string of the molecule is O=C(O)CN(CC(=O)O)C1=NC(C(=O)O)N=N1. The third kappa shape index (κ3) is 3.52. The minimum absolute atomic E-state index is 0.317. The average Bonchev–Trinajstić information content (AvgIpc) is 2.63. The molecule has 1 atom stereocenters. The van der Waals surface area contributed by atoms with Crippen molar-refractivity contribution in [3.8, 4) is 0 Å². The van der Waals surface area contributed by atoms with E-state index in [0.29, 0.717) is 0 Å². The molecule has 1 rings (SSSR count). The lowest BCUT2D eigenvalue weighted by Gasteiger charge is -2.16. The van der Waals surface area contributed by atoms with E-state index in [1.807, 2.05) is 0 Å². The monoisotopic (exact) mass is 244 g/mol. The van der Waals surface area contributed by atoms with Crippen molar-refractivity contribution < 1.29 is 29.7 Å². The summed E-state index contributed by atoms with van der Waals surface area (Å²) >= 11 is 0. The van der Waals surface area contributed by atoms with Crippen molar-refractivity contribution in [3.63, 3.8) is 0 Å². The summed E-state index contributed by atoms with van der Waals surface area (Å²) in [5.74, 6) is -4.25. The number of azo groups is 1. The fourth-order valence-corrected chi connectivity index (χ4v) is 1.04. The number of guanidine groups is 1. The molecule has 0 aromatic heterocycles. The molecule has 0 bridgehead atoms. The number of nitrogens with zero attached hydrogens (tertiary/aromatic N) is 4. The summed E-state index contributed by atoms with van der Waals surface area (Å²) in [4.78, 5) is 35.8. The molecule has 1 aliphatic heterocycles. The van der Waals surface area contributed by atoms with Gasteiger partial charge in [-0.2, -0.15) is 0 Å². The molecule has 0 fully saturated rings. The van der Waals surface area contributed by atoms with Gasteiger partial charge in [0.2, 0.25) is 5.96 Å². The zero-order valence-corrected chi connectivity index (χ0v) is 8.35. The van der Waals surface area contributed by atoms with Crippen LogP contribution in [-0.4, -0.2) is 63.3 Å². The Morgan fingerprint density at radius 3 is 2.00 bits per heavy atom. The van der Waals surface area contributed by atoms with Gasteiger partial charge in [-0.25, -0.2) is 9.79 Å². The molecule has 1 heterocycles. The molecule has 10 heteroatoms. The maximum absolute atomic E-state index is 10.5. The standard InChI is InChI=1S/C7H8N4O6/c12-3(13)1-11(2-4(14)15)7-8-5(6(16)17)9-10-7/h5H,1-2H2,(H,12,13)(H,14,15)(H,16,17). The number of aliphatic carboxylic acids is 3. The molecule has 1 unspecified atom stereocenters. The highest BCUT2D eigenvalue weighted by Gasteiger charge is 2.26. The molecule has 0 aliphatic carbocycles. The second-order valence-electron chi connectivity index (χ2n) is 3.00. The van der Waals surface area contributed by atoms with E-state index in [2.05, 4.69) is 15.2 Å². The summed E-state index contributed by atoms with van der Waals surface area (Å²) in [6, 6.07) is 0. The van der Waals surface area contributed by atoms with Crippen molar-refractivity contribution in [1.82, 2.24) is 4.90 Å².